The number of hydrogen-bond donors (Lipinski definition) is 2. The highest BCUT2D eigenvalue weighted by atomic mass is 35.5. The van der Waals surface area contributed by atoms with E-state index in [4.69, 9.17) is 17.3 Å². The summed E-state index contributed by atoms with van der Waals surface area (Å²) in [6.07, 6.45) is 0.739. The van der Waals surface area contributed by atoms with Crippen molar-refractivity contribution in [3.8, 4) is 0 Å². The molecule has 106 valence electrons. The molecule has 19 heavy (non-hydrogen) atoms. The Morgan fingerprint density at radius 1 is 1.42 bits per heavy atom. The summed E-state index contributed by atoms with van der Waals surface area (Å²) in [7, 11) is 0. The van der Waals surface area contributed by atoms with Gasteiger partial charge in [0.1, 0.15) is 0 Å². The first-order chi connectivity index (χ1) is 9.00. The molecule has 0 aliphatic heterocycles. The van der Waals surface area contributed by atoms with E-state index in [0.29, 0.717) is 0 Å². The SMILES string of the molecule is CC(C)NC(CCSCc1ccccc1Cl)C(N)=O. The van der Waals surface area contributed by atoms with Crippen molar-refractivity contribution in [1.82, 2.24) is 5.32 Å². The first-order valence-electron chi connectivity index (χ1n) is 6.37. The van der Waals surface area contributed by atoms with Gasteiger partial charge in [0.25, 0.3) is 0 Å². The normalized spacial score (nSPS) is 12.6. The van der Waals surface area contributed by atoms with Crippen LogP contribution in [0.5, 0.6) is 0 Å². The smallest absolute Gasteiger partial charge is 0.234 e. The summed E-state index contributed by atoms with van der Waals surface area (Å²) >= 11 is 7.85. The molecule has 0 fully saturated rings. The van der Waals surface area contributed by atoms with Crippen LogP contribution in [0.15, 0.2) is 24.3 Å². The molecule has 0 saturated carbocycles. The van der Waals surface area contributed by atoms with Gasteiger partial charge < -0.3 is 11.1 Å². The van der Waals surface area contributed by atoms with Gasteiger partial charge in [0, 0.05) is 16.8 Å². The summed E-state index contributed by atoms with van der Waals surface area (Å²) in [4.78, 5) is 11.3. The number of nitrogens with two attached hydrogens (primary N) is 1. The van der Waals surface area contributed by atoms with Crippen molar-refractivity contribution in [2.24, 2.45) is 5.73 Å². The van der Waals surface area contributed by atoms with Crippen LogP contribution < -0.4 is 11.1 Å². The van der Waals surface area contributed by atoms with E-state index < -0.39 is 0 Å². The molecule has 0 spiro atoms. The maximum absolute atomic E-state index is 11.3. The molecule has 5 heteroatoms. The van der Waals surface area contributed by atoms with Crippen molar-refractivity contribution in [1.29, 1.82) is 0 Å². The average molecular weight is 301 g/mol. The van der Waals surface area contributed by atoms with E-state index >= 15 is 0 Å². The van der Waals surface area contributed by atoms with Crippen molar-refractivity contribution >= 4 is 29.3 Å². The summed E-state index contributed by atoms with van der Waals surface area (Å²) < 4.78 is 0. The molecule has 1 rings (SSSR count). The number of hydrogen-bond acceptors (Lipinski definition) is 3. The summed E-state index contributed by atoms with van der Waals surface area (Å²) in [5.41, 5.74) is 6.50. The van der Waals surface area contributed by atoms with Gasteiger partial charge >= 0.3 is 0 Å². The molecular weight excluding hydrogens is 280 g/mol. The third-order valence-electron chi connectivity index (χ3n) is 2.64. The van der Waals surface area contributed by atoms with Gasteiger partial charge in [-0.1, -0.05) is 43.6 Å². The third kappa shape index (κ3) is 6.32. The van der Waals surface area contributed by atoms with Crippen LogP contribution in [-0.4, -0.2) is 23.7 Å². The van der Waals surface area contributed by atoms with Crippen molar-refractivity contribution in [2.75, 3.05) is 5.75 Å². The predicted molar refractivity (Wildman–Crippen MR) is 83.5 cm³/mol. The molecule has 0 radical (unpaired) electrons. The highest BCUT2D eigenvalue weighted by Gasteiger charge is 2.15. The number of nitrogens with one attached hydrogen (secondary N) is 1. The van der Waals surface area contributed by atoms with Crippen LogP contribution >= 0.6 is 23.4 Å². The summed E-state index contributed by atoms with van der Waals surface area (Å²) in [6.45, 7) is 4.01. The Bertz CT molecular complexity index is 412. The van der Waals surface area contributed by atoms with Crippen LogP contribution in [0.3, 0.4) is 0 Å². The van der Waals surface area contributed by atoms with Gasteiger partial charge in [-0.2, -0.15) is 11.8 Å². The molecule has 0 aromatic heterocycles. The van der Waals surface area contributed by atoms with Gasteiger partial charge in [-0.3, -0.25) is 4.79 Å². The van der Waals surface area contributed by atoms with Crippen LogP contribution in [0.4, 0.5) is 0 Å². The Kier molecular flexibility index (Phi) is 7.28. The van der Waals surface area contributed by atoms with Gasteiger partial charge in [0.15, 0.2) is 0 Å². The van der Waals surface area contributed by atoms with Crippen molar-refractivity contribution < 1.29 is 4.79 Å². The molecule has 3 nitrogen and oxygen atoms in total. The number of amides is 1. The fourth-order valence-electron chi connectivity index (χ4n) is 1.71. The molecule has 1 unspecified atom stereocenters. The van der Waals surface area contributed by atoms with E-state index in [-0.39, 0.29) is 18.0 Å². The van der Waals surface area contributed by atoms with E-state index in [2.05, 4.69) is 5.32 Å². The number of halogens is 1. The zero-order valence-electron chi connectivity index (χ0n) is 11.4. The molecule has 1 atom stereocenters. The summed E-state index contributed by atoms with van der Waals surface area (Å²) in [6, 6.07) is 7.82. The highest BCUT2D eigenvalue weighted by molar-refractivity contribution is 7.98. The maximum Gasteiger partial charge on any atom is 0.234 e. The number of rotatable bonds is 8. The van der Waals surface area contributed by atoms with Gasteiger partial charge in [-0.25, -0.2) is 0 Å². The van der Waals surface area contributed by atoms with Crippen LogP contribution in [0.1, 0.15) is 25.8 Å². The van der Waals surface area contributed by atoms with E-state index in [1.165, 1.54) is 0 Å². The van der Waals surface area contributed by atoms with E-state index in [0.717, 1.165) is 28.5 Å². The second-order valence-electron chi connectivity index (χ2n) is 4.71. The zero-order chi connectivity index (χ0) is 14.3. The quantitative estimate of drug-likeness (QED) is 0.726. The van der Waals surface area contributed by atoms with Crippen LogP contribution in [0, 0.1) is 0 Å². The average Bonchev–Trinajstić information content (AvgIpc) is 2.34. The monoisotopic (exact) mass is 300 g/mol. The number of benzene rings is 1. The lowest BCUT2D eigenvalue weighted by Crippen LogP contribution is -2.44. The maximum atomic E-state index is 11.3. The molecule has 1 aromatic carbocycles. The lowest BCUT2D eigenvalue weighted by molar-refractivity contribution is -0.120. The minimum absolute atomic E-state index is 0.251. The summed E-state index contributed by atoms with van der Waals surface area (Å²) in [5.74, 6) is 1.44. The van der Waals surface area contributed by atoms with Gasteiger partial charge in [-0.05, 0) is 23.8 Å². The van der Waals surface area contributed by atoms with Crippen LogP contribution in [0.2, 0.25) is 5.02 Å². The topological polar surface area (TPSA) is 55.1 Å². The molecular formula is C14H21ClN2OS. The van der Waals surface area contributed by atoms with E-state index in [1.807, 2.05) is 38.1 Å². The van der Waals surface area contributed by atoms with E-state index in [9.17, 15) is 4.79 Å². The number of carbonyl (C=O) groups excluding carboxylic acids is 1. The minimum Gasteiger partial charge on any atom is -0.368 e. The Balaban J connectivity index is 2.33. The number of primary amides is 1. The van der Waals surface area contributed by atoms with Gasteiger partial charge in [-0.15, -0.1) is 0 Å². The first kappa shape index (κ1) is 16.3. The Morgan fingerprint density at radius 3 is 2.68 bits per heavy atom. The van der Waals surface area contributed by atoms with Gasteiger partial charge in [0.05, 0.1) is 6.04 Å². The number of thioether (sulfide) groups is 1. The second kappa shape index (κ2) is 8.46. The van der Waals surface area contributed by atoms with E-state index in [1.54, 1.807) is 11.8 Å². The fourth-order valence-corrected chi connectivity index (χ4v) is 3.01. The molecule has 1 amide bonds. The fraction of sp³-hybridized carbons (Fsp3) is 0.500. The van der Waals surface area contributed by atoms with Crippen molar-refractivity contribution in [2.45, 2.75) is 38.1 Å². The Labute approximate surface area is 124 Å². The van der Waals surface area contributed by atoms with Crippen molar-refractivity contribution in [3.63, 3.8) is 0 Å². The van der Waals surface area contributed by atoms with Crippen LogP contribution in [-0.2, 0) is 10.5 Å². The Morgan fingerprint density at radius 2 is 2.11 bits per heavy atom. The third-order valence-corrected chi connectivity index (χ3v) is 4.05. The number of carbonyl (C=O) groups is 1. The molecule has 1 aromatic rings. The largest absolute Gasteiger partial charge is 0.368 e. The summed E-state index contributed by atoms with van der Waals surface area (Å²) in [5, 5.41) is 3.97. The molecule has 0 saturated heterocycles. The molecule has 3 N–H and O–H groups in total. The second-order valence-corrected chi connectivity index (χ2v) is 6.22. The van der Waals surface area contributed by atoms with Gasteiger partial charge in [0.2, 0.25) is 5.91 Å². The minimum atomic E-state index is -0.285. The molecule has 0 bridgehead atoms. The lowest BCUT2D eigenvalue weighted by atomic mass is 10.2. The van der Waals surface area contributed by atoms with Crippen molar-refractivity contribution in [3.05, 3.63) is 34.9 Å². The lowest BCUT2D eigenvalue weighted by Gasteiger charge is -2.17. The standard InChI is InChI=1S/C14H21ClN2OS/c1-10(2)17-13(14(16)18)7-8-19-9-11-5-3-4-6-12(11)15/h3-6,10,13,17H,7-9H2,1-2H3,(H2,16,18). The highest BCUT2D eigenvalue weighted by Crippen LogP contribution is 2.21. The zero-order valence-corrected chi connectivity index (χ0v) is 12.9. The molecule has 0 aliphatic carbocycles. The van der Waals surface area contributed by atoms with Crippen LogP contribution in [0.25, 0.3) is 0 Å². The predicted octanol–water partition coefficient (Wildman–Crippen LogP) is 2.82. The Hall–Kier alpha value is -0.710. The molecule has 0 aliphatic rings. The molecule has 0 heterocycles. The first-order valence-corrected chi connectivity index (χ1v) is 7.90.